The Hall–Kier alpha value is -2.14. The first-order chi connectivity index (χ1) is 9.11. The van der Waals surface area contributed by atoms with E-state index < -0.39 is 0 Å². The highest BCUT2D eigenvalue weighted by Crippen LogP contribution is 2.25. The van der Waals surface area contributed by atoms with Crippen molar-refractivity contribution in [2.45, 2.75) is 19.5 Å². The monoisotopic (exact) mass is 259 g/mol. The van der Waals surface area contributed by atoms with Crippen molar-refractivity contribution in [1.82, 2.24) is 9.55 Å². The van der Waals surface area contributed by atoms with Crippen LogP contribution in [0.2, 0.25) is 0 Å². The summed E-state index contributed by atoms with van der Waals surface area (Å²) in [5, 5.41) is 0. The number of hydrogen-bond acceptors (Lipinski definition) is 4. The molecule has 5 heteroatoms. The van der Waals surface area contributed by atoms with E-state index in [0.717, 1.165) is 16.9 Å². The molecular weight excluding hydrogens is 242 g/mol. The molecule has 2 N–H and O–H groups in total. The van der Waals surface area contributed by atoms with Crippen LogP contribution in [0, 0.1) is 6.92 Å². The third-order valence-electron chi connectivity index (χ3n) is 2.97. The Bertz CT molecular complexity index is 622. The third-order valence-corrected chi connectivity index (χ3v) is 2.97. The Morgan fingerprint density at radius 1 is 1.42 bits per heavy atom. The zero-order valence-electron chi connectivity index (χ0n) is 11.0. The second kappa shape index (κ2) is 5.67. The SMILES string of the molecule is COc1ccc(C)cc1C(N)Cn1cnccc1=O. The Balaban J connectivity index is 2.30. The largest absolute Gasteiger partial charge is 0.496 e. The van der Waals surface area contributed by atoms with Gasteiger partial charge in [0.05, 0.1) is 19.5 Å². The molecule has 0 aliphatic heterocycles. The quantitative estimate of drug-likeness (QED) is 0.897. The summed E-state index contributed by atoms with van der Waals surface area (Å²) in [5.74, 6) is 0.732. The van der Waals surface area contributed by atoms with Crippen LogP contribution in [0.25, 0.3) is 0 Å². The van der Waals surface area contributed by atoms with E-state index in [2.05, 4.69) is 4.98 Å². The van der Waals surface area contributed by atoms with Gasteiger partial charge in [-0.2, -0.15) is 0 Å². The van der Waals surface area contributed by atoms with Crippen LogP contribution < -0.4 is 16.0 Å². The van der Waals surface area contributed by atoms with E-state index in [1.165, 1.54) is 23.2 Å². The maximum absolute atomic E-state index is 11.6. The Morgan fingerprint density at radius 3 is 2.89 bits per heavy atom. The predicted molar refractivity (Wildman–Crippen MR) is 73.2 cm³/mol. The number of rotatable bonds is 4. The molecule has 0 saturated heterocycles. The van der Waals surface area contributed by atoms with E-state index in [1.54, 1.807) is 7.11 Å². The maximum atomic E-state index is 11.6. The molecular formula is C14H17N3O2. The summed E-state index contributed by atoms with van der Waals surface area (Å²) in [6, 6.07) is 6.92. The lowest BCUT2D eigenvalue weighted by molar-refractivity contribution is 0.401. The lowest BCUT2D eigenvalue weighted by Gasteiger charge is -2.17. The fraction of sp³-hybridized carbons (Fsp3) is 0.286. The number of aromatic nitrogens is 2. The normalized spacial score (nSPS) is 12.2. The maximum Gasteiger partial charge on any atom is 0.253 e. The molecule has 100 valence electrons. The number of aryl methyl sites for hydroxylation is 1. The van der Waals surface area contributed by atoms with E-state index in [0.29, 0.717) is 6.54 Å². The lowest BCUT2D eigenvalue weighted by atomic mass is 10.0. The summed E-state index contributed by atoms with van der Waals surface area (Å²) in [5.41, 5.74) is 8.05. The molecule has 1 aromatic carbocycles. The summed E-state index contributed by atoms with van der Waals surface area (Å²) >= 11 is 0. The molecule has 1 aromatic heterocycles. The van der Waals surface area contributed by atoms with Crippen LogP contribution in [-0.2, 0) is 6.54 Å². The summed E-state index contributed by atoms with van der Waals surface area (Å²) < 4.78 is 6.80. The number of methoxy groups -OCH3 is 1. The van der Waals surface area contributed by atoms with Gasteiger partial charge in [-0.1, -0.05) is 17.7 Å². The molecule has 0 amide bonds. The molecule has 0 spiro atoms. The average molecular weight is 259 g/mol. The highest BCUT2D eigenvalue weighted by atomic mass is 16.5. The fourth-order valence-corrected chi connectivity index (χ4v) is 1.97. The summed E-state index contributed by atoms with van der Waals surface area (Å²) in [6.07, 6.45) is 2.96. The van der Waals surface area contributed by atoms with Gasteiger partial charge in [0.2, 0.25) is 0 Å². The van der Waals surface area contributed by atoms with E-state index in [9.17, 15) is 4.79 Å². The van der Waals surface area contributed by atoms with Crippen molar-refractivity contribution < 1.29 is 4.74 Å². The molecule has 19 heavy (non-hydrogen) atoms. The van der Waals surface area contributed by atoms with Gasteiger partial charge in [0.25, 0.3) is 5.56 Å². The van der Waals surface area contributed by atoms with Crippen LogP contribution in [-0.4, -0.2) is 16.7 Å². The van der Waals surface area contributed by atoms with Gasteiger partial charge in [-0.05, 0) is 13.0 Å². The van der Waals surface area contributed by atoms with E-state index in [4.69, 9.17) is 10.5 Å². The zero-order chi connectivity index (χ0) is 13.8. The number of benzene rings is 1. The van der Waals surface area contributed by atoms with Crippen LogP contribution in [0.5, 0.6) is 5.75 Å². The van der Waals surface area contributed by atoms with Crippen molar-refractivity contribution in [3.8, 4) is 5.75 Å². The molecule has 2 aromatic rings. The first-order valence-electron chi connectivity index (χ1n) is 6.02. The lowest BCUT2D eigenvalue weighted by Crippen LogP contribution is -2.26. The number of hydrogen-bond donors (Lipinski definition) is 1. The van der Waals surface area contributed by atoms with Gasteiger partial charge in [0.1, 0.15) is 5.75 Å². The molecule has 1 atom stereocenters. The van der Waals surface area contributed by atoms with Crippen LogP contribution in [0.4, 0.5) is 0 Å². The van der Waals surface area contributed by atoms with Gasteiger partial charge < -0.3 is 10.5 Å². The van der Waals surface area contributed by atoms with E-state index in [-0.39, 0.29) is 11.6 Å². The first kappa shape index (κ1) is 13.3. The van der Waals surface area contributed by atoms with Gasteiger partial charge in [-0.3, -0.25) is 9.36 Å². The van der Waals surface area contributed by atoms with Crippen molar-refractivity contribution in [2.24, 2.45) is 5.73 Å². The third kappa shape index (κ3) is 3.00. The Kier molecular flexibility index (Phi) is 3.97. The van der Waals surface area contributed by atoms with E-state index in [1.807, 2.05) is 25.1 Å². The topological polar surface area (TPSA) is 70.1 Å². The molecule has 5 nitrogen and oxygen atoms in total. The molecule has 0 aliphatic carbocycles. The van der Waals surface area contributed by atoms with Gasteiger partial charge in [-0.25, -0.2) is 4.98 Å². The van der Waals surface area contributed by atoms with Crippen molar-refractivity contribution >= 4 is 0 Å². The molecule has 0 radical (unpaired) electrons. The summed E-state index contributed by atoms with van der Waals surface area (Å²) in [4.78, 5) is 15.6. The number of ether oxygens (including phenoxy) is 1. The average Bonchev–Trinajstić information content (AvgIpc) is 2.41. The van der Waals surface area contributed by atoms with Crippen LogP contribution in [0.15, 0.2) is 41.6 Å². The zero-order valence-corrected chi connectivity index (χ0v) is 11.0. The van der Waals surface area contributed by atoms with Crippen molar-refractivity contribution in [3.63, 3.8) is 0 Å². The summed E-state index contributed by atoms with van der Waals surface area (Å²) in [7, 11) is 1.61. The van der Waals surface area contributed by atoms with Crippen molar-refractivity contribution in [3.05, 3.63) is 58.3 Å². The minimum atomic E-state index is -0.322. The number of nitrogens with two attached hydrogens (primary N) is 1. The van der Waals surface area contributed by atoms with E-state index >= 15 is 0 Å². The van der Waals surface area contributed by atoms with Crippen LogP contribution in [0.1, 0.15) is 17.2 Å². The molecule has 2 rings (SSSR count). The molecule has 0 bridgehead atoms. The van der Waals surface area contributed by atoms with Gasteiger partial charge >= 0.3 is 0 Å². The minimum absolute atomic E-state index is 0.114. The predicted octanol–water partition coefficient (Wildman–Crippen LogP) is 1.26. The van der Waals surface area contributed by atoms with Crippen molar-refractivity contribution in [1.29, 1.82) is 0 Å². The fourth-order valence-electron chi connectivity index (χ4n) is 1.97. The second-order valence-electron chi connectivity index (χ2n) is 4.42. The summed E-state index contributed by atoms with van der Waals surface area (Å²) in [6.45, 7) is 2.36. The second-order valence-corrected chi connectivity index (χ2v) is 4.42. The highest BCUT2D eigenvalue weighted by Gasteiger charge is 2.13. The van der Waals surface area contributed by atoms with Gasteiger partial charge in [0, 0.05) is 24.4 Å². The smallest absolute Gasteiger partial charge is 0.253 e. The molecule has 0 aliphatic rings. The van der Waals surface area contributed by atoms with Gasteiger partial charge in [0.15, 0.2) is 0 Å². The Morgan fingerprint density at radius 2 is 2.21 bits per heavy atom. The highest BCUT2D eigenvalue weighted by molar-refractivity contribution is 5.38. The standard InChI is InChI=1S/C14H17N3O2/c1-10-3-4-13(19-2)11(7-10)12(15)8-17-9-16-6-5-14(17)18/h3-7,9,12H,8,15H2,1-2H3. The van der Waals surface area contributed by atoms with Crippen LogP contribution >= 0.6 is 0 Å². The Labute approximate surface area is 111 Å². The van der Waals surface area contributed by atoms with Crippen molar-refractivity contribution in [2.75, 3.05) is 7.11 Å². The first-order valence-corrected chi connectivity index (χ1v) is 6.02. The van der Waals surface area contributed by atoms with Crippen LogP contribution in [0.3, 0.4) is 0 Å². The molecule has 1 unspecified atom stereocenters. The minimum Gasteiger partial charge on any atom is -0.496 e. The van der Waals surface area contributed by atoms with Gasteiger partial charge in [-0.15, -0.1) is 0 Å². The molecule has 0 fully saturated rings. The number of nitrogens with zero attached hydrogens (tertiary/aromatic N) is 2. The molecule has 1 heterocycles. The molecule has 0 saturated carbocycles.